The number of ether oxygens (including phenoxy) is 2. The van der Waals surface area contributed by atoms with Crippen LogP contribution in [0.25, 0.3) is 11.0 Å². The second-order valence-electron chi connectivity index (χ2n) is 6.97. The minimum Gasteiger partial charge on any atom is -0.454 e. The van der Waals surface area contributed by atoms with Gasteiger partial charge in [-0.05, 0) is 23.8 Å². The topological polar surface area (TPSA) is 59.3 Å². The van der Waals surface area contributed by atoms with Crippen LogP contribution in [-0.2, 0) is 11.3 Å². The monoisotopic (exact) mass is 430 g/mol. The summed E-state index contributed by atoms with van der Waals surface area (Å²) in [5.74, 6) is 1.60. The highest BCUT2D eigenvalue weighted by Gasteiger charge is 2.21. The molecule has 2 aliphatic rings. The predicted molar refractivity (Wildman–Crippen MR) is 112 cm³/mol. The Balaban J connectivity index is 1.18. The van der Waals surface area contributed by atoms with Crippen LogP contribution in [0.1, 0.15) is 11.3 Å². The van der Waals surface area contributed by atoms with Crippen molar-refractivity contribution >= 4 is 39.9 Å². The first-order valence-electron chi connectivity index (χ1n) is 9.36. The Labute approximate surface area is 176 Å². The molecule has 0 bridgehead atoms. The molecule has 5 rings (SSSR count). The molecule has 0 N–H and O–H groups in total. The van der Waals surface area contributed by atoms with E-state index in [1.807, 2.05) is 33.0 Å². The maximum atomic E-state index is 12.6. The highest BCUT2D eigenvalue weighted by Crippen LogP contribution is 2.32. The lowest BCUT2D eigenvalue weighted by atomic mass is 10.1. The molecular formula is C20H19ClN4O3S. The highest BCUT2D eigenvalue weighted by atomic mass is 35.5. The van der Waals surface area contributed by atoms with Crippen molar-refractivity contribution in [3.05, 3.63) is 52.3 Å². The lowest BCUT2D eigenvalue weighted by molar-refractivity contribution is -0.127. The fourth-order valence-electron chi connectivity index (χ4n) is 3.61. The summed E-state index contributed by atoms with van der Waals surface area (Å²) in [6.07, 6.45) is 5.23. The quantitative estimate of drug-likeness (QED) is 0.595. The molecular weight excluding hydrogens is 412 g/mol. The summed E-state index contributed by atoms with van der Waals surface area (Å²) in [4.78, 5) is 21.9. The van der Waals surface area contributed by atoms with Crippen LogP contribution in [-0.4, -0.2) is 58.1 Å². The van der Waals surface area contributed by atoms with Crippen molar-refractivity contribution < 1.29 is 14.3 Å². The lowest BCUT2D eigenvalue weighted by Crippen LogP contribution is -2.47. The molecule has 1 aromatic carbocycles. The van der Waals surface area contributed by atoms with E-state index >= 15 is 0 Å². The Morgan fingerprint density at radius 2 is 2.03 bits per heavy atom. The van der Waals surface area contributed by atoms with Gasteiger partial charge in [0.2, 0.25) is 12.7 Å². The van der Waals surface area contributed by atoms with E-state index in [1.54, 1.807) is 12.2 Å². The molecule has 3 aromatic rings. The summed E-state index contributed by atoms with van der Waals surface area (Å²) in [5.41, 5.74) is 1.92. The number of benzene rings is 1. The Hall–Kier alpha value is -2.55. The Bertz CT molecular complexity index is 1080. The molecule has 0 unspecified atom stereocenters. The Morgan fingerprint density at radius 1 is 1.21 bits per heavy atom. The van der Waals surface area contributed by atoms with Gasteiger partial charge >= 0.3 is 0 Å². The number of amides is 1. The van der Waals surface area contributed by atoms with Crippen molar-refractivity contribution in [1.82, 2.24) is 19.2 Å². The van der Waals surface area contributed by atoms with E-state index < -0.39 is 0 Å². The number of thiazole rings is 1. The molecule has 2 aliphatic heterocycles. The number of hydrogen-bond donors (Lipinski definition) is 0. The van der Waals surface area contributed by atoms with Crippen LogP contribution in [0.3, 0.4) is 0 Å². The average Bonchev–Trinajstić information content (AvgIpc) is 3.43. The second kappa shape index (κ2) is 7.70. The number of imidazole rings is 1. The highest BCUT2D eigenvalue weighted by molar-refractivity contribution is 7.15. The van der Waals surface area contributed by atoms with Crippen LogP contribution in [0.15, 0.2) is 35.9 Å². The van der Waals surface area contributed by atoms with Gasteiger partial charge in [-0.2, -0.15) is 0 Å². The van der Waals surface area contributed by atoms with E-state index in [0.29, 0.717) is 18.2 Å². The molecule has 0 spiro atoms. The van der Waals surface area contributed by atoms with Gasteiger partial charge in [-0.15, -0.1) is 11.3 Å². The van der Waals surface area contributed by atoms with Gasteiger partial charge in [-0.1, -0.05) is 17.7 Å². The van der Waals surface area contributed by atoms with Crippen molar-refractivity contribution in [3.8, 4) is 11.5 Å². The summed E-state index contributed by atoms with van der Waals surface area (Å²) in [6.45, 7) is 4.17. The fraction of sp³-hybridized carbons (Fsp3) is 0.300. The van der Waals surface area contributed by atoms with Gasteiger partial charge in [-0.25, -0.2) is 4.98 Å². The van der Waals surface area contributed by atoms with Crippen LogP contribution in [0.5, 0.6) is 11.5 Å². The van der Waals surface area contributed by atoms with E-state index in [4.69, 9.17) is 21.1 Å². The average molecular weight is 431 g/mol. The van der Waals surface area contributed by atoms with Gasteiger partial charge < -0.3 is 14.4 Å². The standard InChI is InChI=1S/C20H19ClN4O3S/c21-19-15(25-9-10-29-20(25)22-19)2-4-18(26)24-7-5-23(6-8-24)12-14-1-3-16-17(11-14)28-13-27-16/h1-4,9-11H,5-8,12-13H2/b4-2+. The van der Waals surface area contributed by atoms with Gasteiger partial charge in [0.15, 0.2) is 21.6 Å². The fourth-order valence-corrected chi connectivity index (χ4v) is 4.61. The number of piperazine rings is 1. The summed E-state index contributed by atoms with van der Waals surface area (Å²) < 4.78 is 12.7. The van der Waals surface area contributed by atoms with Crippen molar-refractivity contribution in [2.45, 2.75) is 6.54 Å². The lowest BCUT2D eigenvalue weighted by Gasteiger charge is -2.34. The zero-order chi connectivity index (χ0) is 19.8. The van der Waals surface area contributed by atoms with Crippen molar-refractivity contribution in [2.24, 2.45) is 0 Å². The minimum absolute atomic E-state index is 0.00558. The molecule has 1 saturated heterocycles. The zero-order valence-corrected chi connectivity index (χ0v) is 17.2. The first-order chi connectivity index (χ1) is 14.2. The largest absolute Gasteiger partial charge is 0.454 e. The zero-order valence-electron chi connectivity index (χ0n) is 15.6. The van der Waals surface area contributed by atoms with E-state index in [2.05, 4.69) is 16.0 Å². The first kappa shape index (κ1) is 18.5. The number of carbonyl (C=O) groups is 1. The molecule has 0 atom stereocenters. The third kappa shape index (κ3) is 3.71. The Kier molecular flexibility index (Phi) is 4.91. The first-order valence-corrected chi connectivity index (χ1v) is 10.6. The summed E-state index contributed by atoms with van der Waals surface area (Å²) in [5, 5.41) is 2.35. The SMILES string of the molecule is O=C(/C=C/c1c(Cl)nc2sccn12)N1CCN(Cc2ccc3c(c2)OCO3)CC1. The van der Waals surface area contributed by atoms with Gasteiger partial charge in [0.1, 0.15) is 0 Å². The van der Waals surface area contributed by atoms with Crippen LogP contribution < -0.4 is 9.47 Å². The van der Waals surface area contributed by atoms with Crippen LogP contribution in [0.4, 0.5) is 0 Å². The van der Waals surface area contributed by atoms with Gasteiger partial charge in [0.05, 0.1) is 5.69 Å². The number of aromatic nitrogens is 2. The minimum atomic E-state index is -0.00558. The predicted octanol–water partition coefficient (Wildman–Crippen LogP) is 3.14. The summed E-state index contributed by atoms with van der Waals surface area (Å²) in [6, 6.07) is 6.05. The molecule has 0 radical (unpaired) electrons. The number of fused-ring (bicyclic) bond motifs is 2. The maximum absolute atomic E-state index is 12.6. The smallest absolute Gasteiger partial charge is 0.246 e. The van der Waals surface area contributed by atoms with E-state index in [-0.39, 0.29) is 12.7 Å². The number of nitrogens with zero attached hydrogens (tertiary/aromatic N) is 4. The summed E-state index contributed by atoms with van der Waals surface area (Å²) >= 11 is 7.69. The molecule has 0 aliphatic carbocycles. The van der Waals surface area contributed by atoms with Gasteiger partial charge in [0.25, 0.3) is 0 Å². The summed E-state index contributed by atoms with van der Waals surface area (Å²) in [7, 11) is 0. The van der Waals surface area contributed by atoms with E-state index in [9.17, 15) is 4.79 Å². The number of rotatable bonds is 4. The van der Waals surface area contributed by atoms with Crippen molar-refractivity contribution in [1.29, 1.82) is 0 Å². The molecule has 1 amide bonds. The van der Waals surface area contributed by atoms with Gasteiger partial charge in [-0.3, -0.25) is 14.1 Å². The van der Waals surface area contributed by atoms with Crippen LogP contribution in [0, 0.1) is 0 Å². The molecule has 9 heteroatoms. The molecule has 4 heterocycles. The Morgan fingerprint density at radius 3 is 2.90 bits per heavy atom. The van der Waals surface area contributed by atoms with Gasteiger partial charge in [0, 0.05) is 50.4 Å². The van der Waals surface area contributed by atoms with E-state index in [0.717, 1.165) is 41.8 Å². The van der Waals surface area contributed by atoms with Crippen LogP contribution >= 0.6 is 22.9 Å². The van der Waals surface area contributed by atoms with Crippen LogP contribution in [0.2, 0.25) is 5.15 Å². The maximum Gasteiger partial charge on any atom is 0.246 e. The third-order valence-electron chi connectivity index (χ3n) is 5.17. The van der Waals surface area contributed by atoms with Crippen molar-refractivity contribution in [3.63, 3.8) is 0 Å². The van der Waals surface area contributed by atoms with E-state index in [1.165, 1.54) is 16.9 Å². The second-order valence-corrected chi connectivity index (χ2v) is 8.20. The normalized spacial score (nSPS) is 16.9. The molecule has 1 fully saturated rings. The third-order valence-corrected chi connectivity index (χ3v) is 6.20. The molecule has 7 nitrogen and oxygen atoms in total. The molecule has 2 aromatic heterocycles. The number of carbonyl (C=O) groups excluding carboxylic acids is 1. The molecule has 150 valence electrons. The molecule has 29 heavy (non-hydrogen) atoms. The molecule has 0 saturated carbocycles. The van der Waals surface area contributed by atoms with Crippen molar-refractivity contribution in [2.75, 3.05) is 33.0 Å². The number of halogens is 1. The number of hydrogen-bond acceptors (Lipinski definition) is 6.